The van der Waals surface area contributed by atoms with Crippen LogP contribution in [-0.2, 0) is 17.4 Å². The zero-order chi connectivity index (χ0) is 35.0. The number of nitrogens with two attached hydrogens (primary N) is 3. The third-order valence-electron chi connectivity index (χ3n) is 8.83. The quantitative estimate of drug-likeness (QED) is 0.0775. The lowest BCUT2D eigenvalue weighted by molar-refractivity contribution is 0.258. The van der Waals surface area contributed by atoms with Crippen molar-refractivity contribution in [2.75, 3.05) is 19.7 Å². The van der Waals surface area contributed by atoms with E-state index in [0.717, 1.165) is 73.5 Å². The van der Waals surface area contributed by atoms with Crippen molar-refractivity contribution >= 4 is 17.0 Å². The number of benzene rings is 2. The molecule has 2 heterocycles. The predicted molar refractivity (Wildman–Crippen MR) is 198 cm³/mol. The van der Waals surface area contributed by atoms with Gasteiger partial charge in [-0.15, -0.1) is 0 Å². The third kappa shape index (κ3) is 10.7. The minimum Gasteiger partial charge on any atom is -0.494 e. The van der Waals surface area contributed by atoms with Gasteiger partial charge in [0.2, 0.25) is 0 Å². The second-order valence-corrected chi connectivity index (χ2v) is 15.1. The molecular formula is C38H56N8O2. The Balaban J connectivity index is 0.000000237. The van der Waals surface area contributed by atoms with Crippen LogP contribution in [-0.4, -0.2) is 45.7 Å². The molecule has 0 saturated heterocycles. The minimum atomic E-state index is -0.301. The van der Waals surface area contributed by atoms with Gasteiger partial charge in [-0.05, 0) is 79.1 Å². The molecule has 0 bridgehead atoms. The van der Waals surface area contributed by atoms with Gasteiger partial charge in [-0.25, -0.2) is 4.79 Å². The van der Waals surface area contributed by atoms with Crippen molar-refractivity contribution < 1.29 is 4.74 Å². The van der Waals surface area contributed by atoms with Gasteiger partial charge in [0.25, 0.3) is 0 Å². The molecule has 0 unspecified atom stereocenters. The molecule has 0 amide bonds. The molecule has 1 fully saturated rings. The number of guanidine groups is 1. The Morgan fingerprint density at radius 3 is 2.38 bits per heavy atom. The van der Waals surface area contributed by atoms with Crippen molar-refractivity contribution in [3.8, 4) is 11.4 Å². The Hall–Kier alpha value is -4.15. The molecular weight excluding hydrogens is 600 g/mol. The molecule has 0 spiro atoms. The van der Waals surface area contributed by atoms with E-state index in [1.54, 1.807) is 4.57 Å². The fourth-order valence-electron chi connectivity index (χ4n) is 5.76. The highest BCUT2D eigenvalue weighted by Gasteiger charge is 2.29. The normalized spacial score (nSPS) is 14.4. The predicted octanol–water partition coefficient (Wildman–Crippen LogP) is 5.79. The fourth-order valence-corrected chi connectivity index (χ4v) is 5.76. The summed E-state index contributed by atoms with van der Waals surface area (Å²) in [7, 11) is 0. The molecule has 1 aliphatic carbocycles. The van der Waals surface area contributed by atoms with Gasteiger partial charge in [-0.1, -0.05) is 78.6 Å². The van der Waals surface area contributed by atoms with E-state index in [0.29, 0.717) is 12.2 Å². The second kappa shape index (κ2) is 15.8. The summed E-state index contributed by atoms with van der Waals surface area (Å²) in [4.78, 5) is 23.9. The van der Waals surface area contributed by atoms with Gasteiger partial charge in [0, 0.05) is 41.3 Å². The van der Waals surface area contributed by atoms with E-state index < -0.39 is 0 Å². The lowest BCUT2D eigenvalue weighted by Gasteiger charge is -2.24. The van der Waals surface area contributed by atoms with Gasteiger partial charge in [0.05, 0.1) is 12.3 Å². The van der Waals surface area contributed by atoms with E-state index in [-0.39, 0.29) is 28.0 Å². The van der Waals surface area contributed by atoms with Crippen molar-refractivity contribution in [3.63, 3.8) is 0 Å². The summed E-state index contributed by atoms with van der Waals surface area (Å²) in [5, 5.41) is 4.27. The van der Waals surface area contributed by atoms with E-state index in [4.69, 9.17) is 21.9 Å². The van der Waals surface area contributed by atoms with Crippen molar-refractivity contribution in [1.29, 1.82) is 0 Å². The highest BCUT2D eigenvalue weighted by Crippen LogP contribution is 2.31. The highest BCUT2D eigenvalue weighted by atomic mass is 16.5. The fraction of sp³-hybridized carbons (Fsp3) is 0.500. The number of aromatic nitrogens is 3. The van der Waals surface area contributed by atoms with Crippen LogP contribution in [0.2, 0.25) is 0 Å². The molecule has 10 nitrogen and oxygen atoms in total. The maximum atomic E-state index is 12.5. The van der Waals surface area contributed by atoms with Crippen LogP contribution < -0.4 is 32.9 Å². The van der Waals surface area contributed by atoms with Gasteiger partial charge in [-0.2, -0.15) is 4.98 Å². The maximum absolute atomic E-state index is 12.5. The molecule has 260 valence electrons. The average molecular weight is 657 g/mol. The number of nitrogens with zero attached hydrogens (tertiary/aromatic N) is 3. The van der Waals surface area contributed by atoms with Crippen LogP contribution in [0.1, 0.15) is 96.9 Å². The molecule has 10 heteroatoms. The SMILES string of the molecule is CC(C)(C)c1cc2cn(-c3ccc(CNCCCN=C(N)N)cc3)c(=O)nc2[nH]1.CC(C)(C)c1cccc(OCCC2(N)CCCC2)c1. The Kier molecular flexibility index (Phi) is 12.1. The largest absolute Gasteiger partial charge is 0.494 e. The van der Waals surface area contributed by atoms with E-state index in [1.807, 2.05) is 36.5 Å². The number of hydrogen-bond acceptors (Lipinski definition) is 6. The number of nitrogens with one attached hydrogen (secondary N) is 2. The third-order valence-corrected chi connectivity index (χ3v) is 8.83. The number of aliphatic imine (C=N–C) groups is 1. The zero-order valence-electron chi connectivity index (χ0n) is 29.7. The molecule has 0 aliphatic heterocycles. The summed E-state index contributed by atoms with van der Waals surface area (Å²) in [6.07, 6.45) is 8.52. The van der Waals surface area contributed by atoms with Crippen LogP contribution in [0.5, 0.6) is 5.75 Å². The molecule has 0 atom stereocenters. The molecule has 4 aromatic rings. The first-order valence-electron chi connectivity index (χ1n) is 17.1. The summed E-state index contributed by atoms with van der Waals surface area (Å²) in [5.74, 6) is 1.09. The van der Waals surface area contributed by atoms with Crippen LogP contribution in [0, 0.1) is 0 Å². The molecule has 5 rings (SSSR count). The summed E-state index contributed by atoms with van der Waals surface area (Å²) in [5.41, 5.74) is 21.7. The van der Waals surface area contributed by atoms with Gasteiger partial charge >= 0.3 is 5.69 Å². The van der Waals surface area contributed by atoms with E-state index in [1.165, 1.54) is 18.4 Å². The highest BCUT2D eigenvalue weighted by molar-refractivity contribution is 5.76. The van der Waals surface area contributed by atoms with Crippen molar-refractivity contribution in [2.45, 2.75) is 103 Å². The molecule has 1 saturated carbocycles. The van der Waals surface area contributed by atoms with Crippen molar-refractivity contribution in [1.82, 2.24) is 19.9 Å². The molecule has 8 N–H and O–H groups in total. The molecule has 2 aromatic carbocycles. The average Bonchev–Trinajstić information content (AvgIpc) is 3.65. The number of ether oxygens (including phenoxy) is 1. The van der Waals surface area contributed by atoms with Crippen LogP contribution >= 0.6 is 0 Å². The number of rotatable bonds is 11. The standard InChI is InChI=1S/C21H29N7O.C17H27NO/c1-21(2,3)17-11-15-13-28(20(29)27-18(15)26-17)16-7-5-14(6-8-16)12-24-9-4-10-25-19(22)23;1-16(2,3)14-7-6-8-15(13-14)19-12-11-17(18)9-4-5-10-17/h5-8,11,13,24H,4,9-10,12H2,1-3H3,(H4,22,23,25)(H,26,27,29);6-8,13H,4-5,9-12,18H2,1-3H3. The summed E-state index contributed by atoms with van der Waals surface area (Å²) >= 11 is 0. The first kappa shape index (κ1) is 36.7. The van der Waals surface area contributed by atoms with Crippen LogP contribution in [0.15, 0.2) is 70.6 Å². The summed E-state index contributed by atoms with van der Waals surface area (Å²) < 4.78 is 7.47. The first-order chi connectivity index (χ1) is 22.6. The first-order valence-corrected chi connectivity index (χ1v) is 17.1. The smallest absolute Gasteiger partial charge is 0.354 e. The van der Waals surface area contributed by atoms with Crippen molar-refractivity contribution in [3.05, 3.63) is 88.1 Å². The summed E-state index contributed by atoms with van der Waals surface area (Å²) in [6.45, 7) is 15.9. The maximum Gasteiger partial charge on any atom is 0.354 e. The van der Waals surface area contributed by atoms with Crippen LogP contribution in [0.25, 0.3) is 16.7 Å². The second-order valence-electron chi connectivity index (χ2n) is 15.1. The number of aromatic amines is 1. The van der Waals surface area contributed by atoms with E-state index in [2.05, 4.69) is 86.1 Å². The van der Waals surface area contributed by atoms with Crippen LogP contribution in [0.4, 0.5) is 0 Å². The van der Waals surface area contributed by atoms with Gasteiger partial charge in [0.15, 0.2) is 5.96 Å². The number of hydrogen-bond donors (Lipinski definition) is 5. The van der Waals surface area contributed by atoms with E-state index in [9.17, 15) is 4.79 Å². The van der Waals surface area contributed by atoms with Gasteiger partial charge < -0.3 is 32.2 Å². The molecule has 2 aromatic heterocycles. The Labute approximate surface area is 285 Å². The Bertz CT molecular complexity index is 1700. The molecule has 0 radical (unpaired) electrons. The lowest BCUT2D eigenvalue weighted by Crippen LogP contribution is -2.37. The zero-order valence-corrected chi connectivity index (χ0v) is 29.7. The monoisotopic (exact) mass is 656 g/mol. The number of fused-ring (bicyclic) bond motifs is 1. The summed E-state index contributed by atoms with van der Waals surface area (Å²) in [6, 6.07) is 18.4. The molecule has 1 aliphatic rings. The Morgan fingerprint density at radius 1 is 1.02 bits per heavy atom. The van der Waals surface area contributed by atoms with E-state index >= 15 is 0 Å². The van der Waals surface area contributed by atoms with Gasteiger partial charge in [-0.3, -0.25) is 9.56 Å². The molecule has 48 heavy (non-hydrogen) atoms. The lowest BCUT2D eigenvalue weighted by atomic mass is 9.87. The number of H-pyrrole nitrogens is 1. The van der Waals surface area contributed by atoms with Crippen LogP contribution in [0.3, 0.4) is 0 Å². The minimum absolute atomic E-state index is 0.0294. The van der Waals surface area contributed by atoms with Crippen molar-refractivity contribution in [2.24, 2.45) is 22.2 Å². The topological polar surface area (TPSA) is 162 Å². The Morgan fingerprint density at radius 2 is 1.73 bits per heavy atom. The van der Waals surface area contributed by atoms with Gasteiger partial charge in [0.1, 0.15) is 11.4 Å².